The van der Waals surface area contributed by atoms with Crippen molar-refractivity contribution in [1.82, 2.24) is 4.98 Å². The van der Waals surface area contributed by atoms with E-state index in [9.17, 15) is 4.79 Å². The van der Waals surface area contributed by atoms with E-state index in [1.165, 1.54) is 0 Å². The lowest BCUT2D eigenvalue weighted by atomic mass is 10.1. The summed E-state index contributed by atoms with van der Waals surface area (Å²) in [5.74, 6) is 2.38. The number of aromatic nitrogens is 1. The number of pyridine rings is 1. The van der Waals surface area contributed by atoms with Gasteiger partial charge in [-0.3, -0.25) is 5.32 Å². The molecule has 0 saturated carbocycles. The first-order valence-corrected chi connectivity index (χ1v) is 12.6. The first kappa shape index (κ1) is 27.1. The van der Waals surface area contributed by atoms with Crippen LogP contribution in [0.5, 0.6) is 11.5 Å². The van der Waals surface area contributed by atoms with Gasteiger partial charge in [-0.05, 0) is 79.7 Å². The van der Waals surface area contributed by atoms with E-state index >= 15 is 0 Å². The molecule has 7 nitrogen and oxygen atoms in total. The molecule has 0 aliphatic rings. The average molecular weight is 534 g/mol. The summed E-state index contributed by atoms with van der Waals surface area (Å²) in [4.78, 5) is 19.3. The number of nitrogens with zero attached hydrogens (tertiary/aromatic N) is 2. The van der Waals surface area contributed by atoms with Crippen LogP contribution in [0.4, 0.5) is 16.3 Å². The highest BCUT2D eigenvalue weighted by Crippen LogP contribution is 2.31. The minimum atomic E-state index is -0.606. The van der Waals surface area contributed by atoms with Crippen LogP contribution >= 0.6 is 11.6 Å². The van der Waals surface area contributed by atoms with Crippen LogP contribution in [0.2, 0.25) is 5.02 Å². The molecule has 0 unspecified atom stereocenters. The molecule has 4 aromatic rings. The number of halogens is 1. The number of amides is 1. The van der Waals surface area contributed by atoms with Crippen molar-refractivity contribution in [3.63, 3.8) is 0 Å². The lowest BCUT2D eigenvalue weighted by Gasteiger charge is -2.25. The van der Waals surface area contributed by atoms with Crippen LogP contribution in [0.3, 0.4) is 0 Å². The minimum absolute atomic E-state index is 0.490. The Bertz CT molecular complexity index is 1350. The molecule has 8 heteroatoms. The number of carbonyl (C=O) groups excluding carboxylic acids is 1. The number of hydrogen-bond donors (Lipinski definition) is 1. The molecule has 1 aromatic heterocycles. The number of nitrogens with one attached hydrogen (secondary N) is 1. The van der Waals surface area contributed by atoms with Gasteiger partial charge in [0.25, 0.3) is 0 Å². The van der Waals surface area contributed by atoms with Gasteiger partial charge in [0.15, 0.2) is 0 Å². The number of carbonyl (C=O) groups is 1. The highest BCUT2D eigenvalue weighted by molar-refractivity contribution is 6.36. The number of ether oxygens (including phenoxy) is 3. The lowest BCUT2D eigenvalue weighted by Crippen LogP contribution is -2.27. The topological polar surface area (TPSA) is 72.9 Å². The van der Waals surface area contributed by atoms with Gasteiger partial charge in [-0.25, -0.2) is 9.78 Å². The van der Waals surface area contributed by atoms with E-state index in [2.05, 4.69) is 10.2 Å². The summed E-state index contributed by atoms with van der Waals surface area (Å²) in [6.07, 6.45) is 1.22. The van der Waals surface area contributed by atoms with Gasteiger partial charge in [-0.1, -0.05) is 35.9 Å². The standard InChI is InChI=1S/C30H32ClN3O4/c1-30(2,3)38-29(35)33-23-14-22-15-28(32-17-26(22)27(31)16-23)34(18-20-6-10-24(36-4)11-7-20)19-21-8-12-25(37-5)13-9-21/h6-17H,18-19H2,1-5H3,(H,33,35). The highest BCUT2D eigenvalue weighted by Gasteiger charge is 2.17. The quantitative estimate of drug-likeness (QED) is 0.253. The molecule has 3 aromatic carbocycles. The summed E-state index contributed by atoms with van der Waals surface area (Å²) in [6, 6.07) is 21.5. The monoisotopic (exact) mass is 533 g/mol. The predicted molar refractivity (Wildman–Crippen MR) is 152 cm³/mol. The molecule has 0 aliphatic carbocycles. The summed E-state index contributed by atoms with van der Waals surface area (Å²) < 4.78 is 16.0. The number of hydrogen-bond acceptors (Lipinski definition) is 6. The molecular formula is C30H32ClN3O4. The molecule has 4 rings (SSSR count). The average Bonchev–Trinajstić information content (AvgIpc) is 2.87. The molecule has 0 saturated heterocycles. The van der Waals surface area contributed by atoms with E-state index in [1.54, 1.807) is 26.5 Å². The molecule has 0 bridgehead atoms. The Morgan fingerprint density at radius 1 is 0.895 bits per heavy atom. The largest absolute Gasteiger partial charge is 0.497 e. The summed E-state index contributed by atoms with van der Waals surface area (Å²) >= 11 is 6.56. The number of benzene rings is 3. The Morgan fingerprint density at radius 2 is 1.45 bits per heavy atom. The zero-order chi connectivity index (χ0) is 27.3. The van der Waals surface area contributed by atoms with Gasteiger partial charge >= 0.3 is 6.09 Å². The Morgan fingerprint density at radius 3 is 1.95 bits per heavy atom. The zero-order valence-electron chi connectivity index (χ0n) is 22.2. The molecule has 0 aliphatic heterocycles. The summed E-state index contributed by atoms with van der Waals surface area (Å²) in [6.45, 7) is 6.70. The van der Waals surface area contributed by atoms with Crippen molar-refractivity contribution in [3.8, 4) is 11.5 Å². The van der Waals surface area contributed by atoms with Crippen LogP contribution in [0, 0.1) is 0 Å². The van der Waals surface area contributed by atoms with Crippen molar-refractivity contribution in [2.24, 2.45) is 0 Å². The maximum atomic E-state index is 12.3. The molecule has 0 atom stereocenters. The molecule has 0 radical (unpaired) electrons. The van der Waals surface area contributed by atoms with Gasteiger partial charge in [-0.15, -0.1) is 0 Å². The Kier molecular flexibility index (Phi) is 8.27. The number of methoxy groups -OCH3 is 2. The first-order valence-electron chi connectivity index (χ1n) is 12.2. The lowest BCUT2D eigenvalue weighted by molar-refractivity contribution is 0.0636. The molecule has 38 heavy (non-hydrogen) atoms. The Hall–Kier alpha value is -3.97. The maximum absolute atomic E-state index is 12.3. The second kappa shape index (κ2) is 11.6. The van der Waals surface area contributed by atoms with Gasteiger partial charge < -0.3 is 19.1 Å². The molecule has 1 heterocycles. The van der Waals surface area contributed by atoms with E-state index in [1.807, 2.05) is 81.4 Å². The van der Waals surface area contributed by atoms with Crippen molar-refractivity contribution >= 4 is 40.0 Å². The fraction of sp³-hybridized carbons (Fsp3) is 0.267. The second-order valence-electron chi connectivity index (χ2n) is 9.90. The molecular weight excluding hydrogens is 502 g/mol. The van der Waals surface area contributed by atoms with Crippen molar-refractivity contribution in [1.29, 1.82) is 0 Å². The summed E-state index contributed by atoms with van der Waals surface area (Å²) in [5.41, 5.74) is 2.16. The van der Waals surface area contributed by atoms with Gasteiger partial charge in [0.1, 0.15) is 22.9 Å². The number of anilines is 2. The van der Waals surface area contributed by atoms with Crippen LogP contribution in [0.15, 0.2) is 72.9 Å². The van der Waals surface area contributed by atoms with Crippen LogP contribution in [0.1, 0.15) is 31.9 Å². The third-order valence-electron chi connectivity index (χ3n) is 5.81. The Balaban J connectivity index is 1.67. The van der Waals surface area contributed by atoms with Crippen LogP contribution in [-0.2, 0) is 17.8 Å². The van der Waals surface area contributed by atoms with Gasteiger partial charge in [0.2, 0.25) is 0 Å². The summed E-state index contributed by atoms with van der Waals surface area (Å²) in [7, 11) is 3.31. The molecule has 0 spiro atoms. The van der Waals surface area contributed by atoms with E-state index in [0.717, 1.165) is 39.2 Å². The SMILES string of the molecule is COc1ccc(CN(Cc2ccc(OC)cc2)c2cc3cc(NC(=O)OC(C)(C)C)cc(Cl)c3cn2)cc1. The fourth-order valence-corrected chi connectivity index (χ4v) is 4.26. The van der Waals surface area contributed by atoms with Crippen LogP contribution in [-0.4, -0.2) is 30.9 Å². The fourth-order valence-electron chi connectivity index (χ4n) is 3.99. The van der Waals surface area contributed by atoms with E-state index in [4.69, 9.17) is 30.8 Å². The summed E-state index contributed by atoms with van der Waals surface area (Å²) in [5, 5.41) is 4.91. The zero-order valence-corrected chi connectivity index (χ0v) is 23.0. The van der Waals surface area contributed by atoms with Gasteiger partial charge in [0, 0.05) is 30.4 Å². The molecule has 1 amide bonds. The van der Waals surface area contributed by atoms with Crippen molar-refractivity contribution in [2.75, 3.05) is 24.4 Å². The van der Waals surface area contributed by atoms with Crippen molar-refractivity contribution < 1.29 is 19.0 Å². The van der Waals surface area contributed by atoms with Crippen molar-refractivity contribution in [2.45, 2.75) is 39.5 Å². The number of rotatable bonds is 8. The predicted octanol–water partition coefficient (Wildman–Crippen LogP) is 7.46. The van der Waals surface area contributed by atoms with E-state index in [0.29, 0.717) is 23.8 Å². The van der Waals surface area contributed by atoms with Gasteiger partial charge in [0.05, 0.1) is 19.2 Å². The van der Waals surface area contributed by atoms with E-state index in [-0.39, 0.29) is 0 Å². The van der Waals surface area contributed by atoms with Gasteiger partial charge in [-0.2, -0.15) is 0 Å². The maximum Gasteiger partial charge on any atom is 0.412 e. The third kappa shape index (κ3) is 7.07. The normalized spacial score (nSPS) is 11.2. The molecule has 198 valence electrons. The molecule has 1 N–H and O–H groups in total. The van der Waals surface area contributed by atoms with Crippen LogP contribution < -0.4 is 19.7 Å². The highest BCUT2D eigenvalue weighted by atomic mass is 35.5. The van der Waals surface area contributed by atoms with Crippen LogP contribution in [0.25, 0.3) is 10.8 Å². The van der Waals surface area contributed by atoms with Crippen molar-refractivity contribution in [3.05, 3.63) is 89.1 Å². The number of fused-ring (bicyclic) bond motifs is 1. The second-order valence-corrected chi connectivity index (χ2v) is 10.3. The molecule has 0 fully saturated rings. The first-order chi connectivity index (χ1) is 18.1. The van der Waals surface area contributed by atoms with E-state index < -0.39 is 11.7 Å². The Labute approximate surface area is 228 Å². The third-order valence-corrected chi connectivity index (χ3v) is 6.12. The smallest absolute Gasteiger partial charge is 0.412 e. The minimum Gasteiger partial charge on any atom is -0.497 e.